The molecule has 198 valence electrons. The molecule has 0 radical (unpaired) electrons. The third-order valence-electron chi connectivity index (χ3n) is 7.02. The van der Waals surface area contributed by atoms with Gasteiger partial charge in [0.1, 0.15) is 17.1 Å². The minimum absolute atomic E-state index is 0.0784. The normalized spacial score (nSPS) is 16.9. The third kappa shape index (κ3) is 5.51. The third-order valence-corrected chi connectivity index (χ3v) is 7.45. The predicted molar refractivity (Wildman–Crippen MR) is 156 cm³/mol. The molecule has 0 amide bonds. The summed E-state index contributed by atoms with van der Waals surface area (Å²) in [7, 11) is 1.67. The molecular weight excluding hydrogens is 558 g/mol. The number of imidazole rings is 1. The fourth-order valence-corrected chi connectivity index (χ4v) is 5.37. The summed E-state index contributed by atoms with van der Waals surface area (Å²) in [5.74, 6) is 2.44. The minimum Gasteiger partial charge on any atom is -0.497 e. The molecule has 2 N–H and O–H groups in total. The van der Waals surface area contributed by atoms with Gasteiger partial charge in [0, 0.05) is 35.0 Å². The van der Waals surface area contributed by atoms with Crippen molar-refractivity contribution in [2.24, 2.45) is 0 Å². The van der Waals surface area contributed by atoms with Crippen LogP contribution in [-0.2, 0) is 6.54 Å². The van der Waals surface area contributed by atoms with Crippen molar-refractivity contribution >= 4 is 38.9 Å². The first-order valence-electron chi connectivity index (χ1n) is 12.9. The molecule has 0 aliphatic heterocycles. The number of pyridine rings is 3. The van der Waals surface area contributed by atoms with Crippen LogP contribution in [-0.4, -0.2) is 43.3 Å². The van der Waals surface area contributed by atoms with E-state index < -0.39 is 0 Å². The molecule has 1 aromatic carbocycles. The number of hydrogen-bond acceptors (Lipinski definition) is 7. The molecular formula is C29H28BrN7O2. The lowest BCUT2D eigenvalue weighted by Gasteiger charge is -2.17. The molecule has 0 unspecified atom stereocenters. The molecule has 5 aromatic rings. The van der Waals surface area contributed by atoms with Crippen LogP contribution in [0.15, 0.2) is 88.5 Å². The summed E-state index contributed by atoms with van der Waals surface area (Å²) >= 11 is 3.52. The summed E-state index contributed by atoms with van der Waals surface area (Å²) in [5, 5.41) is 7.24. The molecule has 1 aliphatic carbocycles. The van der Waals surface area contributed by atoms with E-state index in [9.17, 15) is 4.79 Å². The van der Waals surface area contributed by atoms with Crippen LogP contribution in [0.2, 0.25) is 0 Å². The molecule has 1 aliphatic rings. The summed E-state index contributed by atoms with van der Waals surface area (Å²) < 4.78 is 9.93. The second-order valence-corrected chi connectivity index (χ2v) is 10.6. The highest BCUT2D eigenvalue weighted by Crippen LogP contribution is 2.28. The fourth-order valence-electron chi connectivity index (χ4n) is 5.05. The van der Waals surface area contributed by atoms with Crippen molar-refractivity contribution in [3.8, 4) is 11.4 Å². The number of ether oxygens (including phenoxy) is 1. The van der Waals surface area contributed by atoms with Gasteiger partial charge in [0.05, 0.1) is 25.5 Å². The van der Waals surface area contributed by atoms with Gasteiger partial charge in [-0.05, 0) is 77.2 Å². The number of hydrogen-bond donors (Lipinski definition) is 2. The van der Waals surface area contributed by atoms with Crippen molar-refractivity contribution in [3.63, 3.8) is 0 Å². The lowest BCUT2D eigenvalue weighted by Crippen LogP contribution is -2.23. The highest BCUT2D eigenvalue weighted by Gasteiger charge is 2.26. The van der Waals surface area contributed by atoms with Gasteiger partial charge in [-0.15, -0.1) is 0 Å². The van der Waals surface area contributed by atoms with Crippen LogP contribution >= 0.6 is 15.9 Å². The Hall–Kier alpha value is -4.18. The van der Waals surface area contributed by atoms with E-state index in [0.717, 1.165) is 63.7 Å². The molecule has 1 saturated carbocycles. The Kier molecular flexibility index (Phi) is 7.02. The maximum atomic E-state index is 12.1. The number of nitrogens with one attached hydrogen (secondary N) is 2. The Labute approximate surface area is 234 Å². The van der Waals surface area contributed by atoms with Crippen molar-refractivity contribution in [2.75, 3.05) is 17.7 Å². The Morgan fingerprint density at radius 3 is 2.56 bits per heavy atom. The maximum absolute atomic E-state index is 12.1. The maximum Gasteiger partial charge on any atom is 0.255 e. The number of benzene rings is 1. The van der Waals surface area contributed by atoms with Crippen LogP contribution in [0.25, 0.3) is 16.9 Å². The second kappa shape index (κ2) is 10.9. The van der Waals surface area contributed by atoms with E-state index in [4.69, 9.17) is 9.72 Å². The Bertz CT molecular complexity index is 1650. The number of aromatic nitrogens is 5. The first-order valence-corrected chi connectivity index (χ1v) is 13.7. The molecule has 4 aromatic heterocycles. The summed E-state index contributed by atoms with van der Waals surface area (Å²) in [4.78, 5) is 26.2. The van der Waals surface area contributed by atoms with Crippen molar-refractivity contribution in [3.05, 3.63) is 99.6 Å². The van der Waals surface area contributed by atoms with Gasteiger partial charge in [0.2, 0.25) is 5.95 Å². The number of rotatable bonds is 8. The van der Waals surface area contributed by atoms with Gasteiger partial charge in [0.15, 0.2) is 5.65 Å². The van der Waals surface area contributed by atoms with Crippen LogP contribution < -0.4 is 20.9 Å². The van der Waals surface area contributed by atoms with E-state index >= 15 is 0 Å². The Balaban J connectivity index is 1.15. The molecule has 0 saturated heterocycles. The van der Waals surface area contributed by atoms with E-state index in [1.807, 2.05) is 36.4 Å². The number of fused-ring (bicyclic) bond motifs is 1. The number of anilines is 2. The van der Waals surface area contributed by atoms with Crippen LogP contribution in [0.4, 0.5) is 11.8 Å². The van der Waals surface area contributed by atoms with Gasteiger partial charge in [0.25, 0.3) is 5.56 Å². The van der Waals surface area contributed by atoms with Gasteiger partial charge in [-0.25, -0.2) is 15.0 Å². The monoisotopic (exact) mass is 585 g/mol. The van der Waals surface area contributed by atoms with Gasteiger partial charge in [-0.1, -0.05) is 18.2 Å². The summed E-state index contributed by atoms with van der Waals surface area (Å²) in [6.45, 7) is 0.645. The zero-order valence-corrected chi connectivity index (χ0v) is 23.0. The van der Waals surface area contributed by atoms with Crippen LogP contribution in [0, 0.1) is 0 Å². The predicted octanol–water partition coefficient (Wildman–Crippen LogP) is 5.24. The lowest BCUT2D eigenvalue weighted by molar-refractivity contribution is 0.414. The summed E-state index contributed by atoms with van der Waals surface area (Å²) in [6.07, 6.45) is 8.24. The number of nitrogens with zero attached hydrogens (tertiary/aromatic N) is 5. The molecule has 4 heterocycles. The standard InChI is InChI=1S/C29H28BrN7O2/c1-39-24-10-5-19(6-11-24)18-37-28-25(14-20(30)16-32-28)35-29(37)34-22-8-7-21(15-22)33-26-12-9-23(17-31-26)36-13-3-2-4-27(36)38/h2-6,9-14,16-17,21-22H,7-8,15,18H2,1H3,(H,31,33)(H,34,35)/t21-,22-/m0/s1. The van der Waals surface area contributed by atoms with Crippen molar-refractivity contribution in [1.29, 1.82) is 0 Å². The zero-order chi connectivity index (χ0) is 26.8. The van der Waals surface area contributed by atoms with Gasteiger partial charge in [-0.2, -0.15) is 0 Å². The lowest BCUT2D eigenvalue weighted by atomic mass is 10.2. The van der Waals surface area contributed by atoms with E-state index in [1.54, 1.807) is 36.3 Å². The largest absolute Gasteiger partial charge is 0.497 e. The second-order valence-electron chi connectivity index (χ2n) is 9.67. The van der Waals surface area contributed by atoms with Crippen LogP contribution in [0.1, 0.15) is 24.8 Å². The molecule has 0 spiro atoms. The first kappa shape index (κ1) is 25.1. The van der Waals surface area contributed by atoms with Gasteiger partial charge >= 0.3 is 0 Å². The zero-order valence-electron chi connectivity index (χ0n) is 21.4. The molecule has 39 heavy (non-hydrogen) atoms. The molecule has 0 bridgehead atoms. The average molecular weight is 586 g/mol. The minimum atomic E-state index is -0.0784. The highest BCUT2D eigenvalue weighted by atomic mass is 79.9. The first-order chi connectivity index (χ1) is 19.1. The average Bonchev–Trinajstić information content (AvgIpc) is 3.53. The molecule has 10 heteroatoms. The topological polar surface area (TPSA) is 98.9 Å². The fraction of sp³-hybridized carbons (Fsp3) is 0.241. The Morgan fingerprint density at radius 2 is 1.82 bits per heavy atom. The van der Waals surface area contributed by atoms with E-state index in [1.165, 1.54) is 6.07 Å². The highest BCUT2D eigenvalue weighted by molar-refractivity contribution is 9.10. The smallest absolute Gasteiger partial charge is 0.255 e. The van der Waals surface area contributed by atoms with Crippen LogP contribution in [0.3, 0.4) is 0 Å². The molecule has 6 rings (SSSR count). The quantitative estimate of drug-likeness (QED) is 0.257. The number of halogens is 1. The van der Waals surface area contributed by atoms with E-state index in [-0.39, 0.29) is 17.6 Å². The Morgan fingerprint density at radius 1 is 1.00 bits per heavy atom. The van der Waals surface area contributed by atoms with Crippen molar-refractivity contribution in [2.45, 2.75) is 37.9 Å². The molecule has 9 nitrogen and oxygen atoms in total. The van der Waals surface area contributed by atoms with Crippen molar-refractivity contribution < 1.29 is 4.74 Å². The van der Waals surface area contributed by atoms with Crippen LogP contribution in [0.5, 0.6) is 5.75 Å². The molecule has 1 fully saturated rings. The molecule has 2 atom stereocenters. The van der Waals surface area contributed by atoms with E-state index in [2.05, 4.69) is 53.2 Å². The van der Waals surface area contributed by atoms with Gasteiger partial charge in [-0.3, -0.25) is 13.9 Å². The summed E-state index contributed by atoms with van der Waals surface area (Å²) in [5.41, 5.74) is 3.49. The number of methoxy groups -OCH3 is 1. The van der Waals surface area contributed by atoms with E-state index in [0.29, 0.717) is 6.54 Å². The van der Waals surface area contributed by atoms with Crippen molar-refractivity contribution in [1.82, 2.24) is 24.1 Å². The van der Waals surface area contributed by atoms with Gasteiger partial charge < -0.3 is 15.4 Å². The summed E-state index contributed by atoms with van der Waals surface area (Å²) in [6, 6.07) is 19.6. The SMILES string of the molecule is COc1ccc(Cn2c(N[C@H]3CC[C@H](Nc4ccc(-n5ccccc5=O)cn4)C3)nc3cc(Br)cnc32)cc1.